The minimum atomic E-state index is -4.44. The van der Waals surface area contributed by atoms with Gasteiger partial charge in [0.15, 0.2) is 0 Å². The summed E-state index contributed by atoms with van der Waals surface area (Å²) in [5, 5.41) is 12.2. The number of alkyl halides is 3. The lowest BCUT2D eigenvalue weighted by Gasteiger charge is -2.45. The van der Waals surface area contributed by atoms with Crippen LogP contribution < -0.4 is 5.32 Å². The fourth-order valence-electron chi connectivity index (χ4n) is 2.01. The first-order valence-corrected chi connectivity index (χ1v) is 6.19. The molecule has 20 heavy (non-hydrogen) atoms. The molecule has 1 saturated heterocycles. The molecule has 0 bridgehead atoms. The highest BCUT2D eigenvalue weighted by atomic mass is 19.4. The molecule has 0 atom stereocenters. The van der Waals surface area contributed by atoms with Crippen LogP contribution in [0.3, 0.4) is 0 Å². The molecule has 1 fully saturated rings. The Balaban J connectivity index is 1.99. The fourth-order valence-corrected chi connectivity index (χ4v) is 2.01. The molecule has 0 saturated carbocycles. The number of halogens is 3. The third kappa shape index (κ3) is 3.04. The number of hydrogen-bond donors (Lipinski definition) is 2. The zero-order valence-electron chi connectivity index (χ0n) is 10.9. The number of rotatable bonds is 2. The highest BCUT2D eigenvalue weighted by Crippen LogP contribution is 2.31. The second-order valence-corrected chi connectivity index (χ2v) is 4.94. The summed E-state index contributed by atoms with van der Waals surface area (Å²) < 4.78 is 37.6. The van der Waals surface area contributed by atoms with E-state index in [1.165, 1.54) is 17.0 Å². The molecule has 0 radical (unpaired) electrons. The standard InChI is InChI=1S/C13H15F3N2O2/c1-2-12(20)7-18(8-12)11(19)17-10-5-3-4-9(6-10)13(14,15)16/h3-6,20H,2,7-8H2,1H3,(H,17,19). The lowest BCUT2D eigenvalue weighted by molar-refractivity contribution is -0.137. The summed E-state index contributed by atoms with van der Waals surface area (Å²) >= 11 is 0. The fraction of sp³-hybridized carbons (Fsp3) is 0.462. The van der Waals surface area contributed by atoms with E-state index >= 15 is 0 Å². The summed E-state index contributed by atoms with van der Waals surface area (Å²) in [5.74, 6) is 0. The summed E-state index contributed by atoms with van der Waals surface area (Å²) in [4.78, 5) is 13.1. The van der Waals surface area contributed by atoms with Crippen LogP contribution in [-0.4, -0.2) is 34.7 Å². The lowest BCUT2D eigenvalue weighted by atomic mass is 9.92. The van der Waals surface area contributed by atoms with Gasteiger partial charge in [0, 0.05) is 5.69 Å². The highest BCUT2D eigenvalue weighted by molar-refractivity contribution is 5.90. The quantitative estimate of drug-likeness (QED) is 0.879. The van der Waals surface area contributed by atoms with Crippen molar-refractivity contribution >= 4 is 11.7 Å². The summed E-state index contributed by atoms with van der Waals surface area (Å²) in [5.41, 5.74) is -1.61. The van der Waals surface area contributed by atoms with Gasteiger partial charge in [-0.15, -0.1) is 0 Å². The average molecular weight is 288 g/mol. The van der Waals surface area contributed by atoms with Crippen LogP contribution >= 0.6 is 0 Å². The molecule has 1 aromatic rings. The van der Waals surface area contributed by atoms with Gasteiger partial charge in [-0.3, -0.25) is 0 Å². The van der Waals surface area contributed by atoms with Gasteiger partial charge >= 0.3 is 12.2 Å². The van der Waals surface area contributed by atoms with Gasteiger partial charge in [-0.1, -0.05) is 13.0 Å². The Morgan fingerprint density at radius 3 is 2.65 bits per heavy atom. The number of benzene rings is 1. The Morgan fingerprint density at radius 1 is 1.45 bits per heavy atom. The lowest BCUT2D eigenvalue weighted by Crippen LogP contribution is -2.63. The van der Waals surface area contributed by atoms with Gasteiger partial charge < -0.3 is 15.3 Å². The molecular weight excluding hydrogens is 273 g/mol. The maximum Gasteiger partial charge on any atom is 0.416 e. The number of nitrogens with one attached hydrogen (secondary N) is 1. The van der Waals surface area contributed by atoms with Gasteiger partial charge in [-0.25, -0.2) is 4.79 Å². The molecule has 2 N–H and O–H groups in total. The third-order valence-corrected chi connectivity index (χ3v) is 3.36. The zero-order chi connectivity index (χ0) is 15.0. The van der Waals surface area contributed by atoms with E-state index in [0.29, 0.717) is 6.42 Å². The van der Waals surface area contributed by atoms with E-state index in [1.54, 1.807) is 0 Å². The predicted molar refractivity (Wildman–Crippen MR) is 67.3 cm³/mol. The van der Waals surface area contributed by atoms with Crippen molar-refractivity contribution in [3.63, 3.8) is 0 Å². The van der Waals surface area contributed by atoms with E-state index in [1.807, 2.05) is 6.92 Å². The number of anilines is 1. The van der Waals surface area contributed by atoms with Gasteiger partial charge in [0.2, 0.25) is 0 Å². The maximum absolute atomic E-state index is 12.5. The van der Waals surface area contributed by atoms with E-state index in [4.69, 9.17) is 0 Å². The van der Waals surface area contributed by atoms with Crippen molar-refractivity contribution in [1.29, 1.82) is 0 Å². The average Bonchev–Trinajstić information content (AvgIpc) is 2.34. The van der Waals surface area contributed by atoms with Crippen LogP contribution in [0.25, 0.3) is 0 Å². The number of carbonyl (C=O) groups excluding carboxylic acids is 1. The summed E-state index contributed by atoms with van der Waals surface area (Å²) in [6.45, 7) is 2.19. The first-order valence-electron chi connectivity index (χ1n) is 6.19. The number of urea groups is 1. The van der Waals surface area contributed by atoms with Crippen LogP contribution in [0.15, 0.2) is 24.3 Å². The van der Waals surface area contributed by atoms with Crippen LogP contribution in [0.4, 0.5) is 23.7 Å². The number of amides is 2. The third-order valence-electron chi connectivity index (χ3n) is 3.36. The van der Waals surface area contributed by atoms with Crippen LogP contribution in [0.1, 0.15) is 18.9 Å². The highest BCUT2D eigenvalue weighted by Gasteiger charge is 2.42. The van der Waals surface area contributed by atoms with Crippen molar-refractivity contribution in [2.24, 2.45) is 0 Å². The van der Waals surface area contributed by atoms with Gasteiger partial charge in [-0.05, 0) is 24.6 Å². The number of hydrogen-bond acceptors (Lipinski definition) is 2. The summed E-state index contributed by atoms with van der Waals surface area (Å²) in [7, 11) is 0. The van der Waals surface area contributed by atoms with Crippen LogP contribution in [-0.2, 0) is 6.18 Å². The number of β-amino-alcohol motifs (C(OH)–C–C–N with tert-alkyl or cyclic N) is 1. The molecule has 2 rings (SSSR count). The minimum Gasteiger partial charge on any atom is -0.386 e. The van der Waals surface area contributed by atoms with Crippen molar-refractivity contribution in [3.8, 4) is 0 Å². The Hall–Kier alpha value is -1.76. The van der Waals surface area contributed by atoms with E-state index in [2.05, 4.69) is 5.32 Å². The van der Waals surface area contributed by atoms with E-state index in [-0.39, 0.29) is 18.8 Å². The van der Waals surface area contributed by atoms with Crippen molar-refractivity contribution in [2.75, 3.05) is 18.4 Å². The van der Waals surface area contributed by atoms with Crippen molar-refractivity contribution in [2.45, 2.75) is 25.1 Å². The Morgan fingerprint density at radius 2 is 2.10 bits per heavy atom. The molecule has 0 unspecified atom stereocenters. The molecule has 1 aliphatic heterocycles. The van der Waals surface area contributed by atoms with Gasteiger partial charge in [0.1, 0.15) is 0 Å². The monoisotopic (exact) mass is 288 g/mol. The smallest absolute Gasteiger partial charge is 0.386 e. The zero-order valence-corrected chi connectivity index (χ0v) is 10.9. The molecule has 2 amide bonds. The largest absolute Gasteiger partial charge is 0.416 e. The number of aliphatic hydroxyl groups is 1. The van der Waals surface area contributed by atoms with Crippen LogP contribution in [0.2, 0.25) is 0 Å². The van der Waals surface area contributed by atoms with Crippen molar-refractivity contribution < 1.29 is 23.1 Å². The molecule has 0 aromatic heterocycles. The number of nitrogens with zero attached hydrogens (tertiary/aromatic N) is 1. The molecule has 7 heteroatoms. The predicted octanol–water partition coefficient (Wildman–Crippen LogP) is 2.69. The maximum atomic E-state index is 12.5. The van der Waals surface area contributed by atoms with Crippen LogP contribution in [0, 0.1) is 0 Å². The first kappa shape index (κ1) is 14.6. The molecule has 4 nitrogen and oxygen atoms in total. The minimum absolute atomic E-state index is 0.0803. The van der Waals surface area contributed by atoms with E-state index < -0.39 is 23.4 Å². The molecule has 0 spiro atoms. The molecule has 110 valence electrons. The second kappa shape index (κ2) is 4.97. The van der Waals surface area contributed by atoms with E-state index in [9.17, 15) is 23.1 Å². The SMILES string of the molecule is CCC1(O)CN(C(=O)Nc2cccc(C(F)(F)F)c2)C1. The Bertz CT molecular complexity index is 511. The van der Waals surface area contributed by atoms with E-state index in [0.717, 1.165) is 12.1 Å². The number of likely N-dealkylation sites (tertiary alicyclic amines) is 1. The Kier molecular flexibility index (Phi) is 3.64. The second-order valence-electron chi connectivity index (χ2n) is 4.94. The molecule has 1 heterocycles. The summed E-state index contributed by atoms with van der Waals surface area (Å²) in [6.07, 6.45) is -3.92. The normalized spacial score (nSPS) is 17.6. The molecule has 1 aromatic carbocycles. The Labute approximate surface area is 114 Å². The molecule has 0 aliphatic carbocycles. The van der Waals surface area contributed by atoms with Gasteiger partial charge in [0.05, 0.1) is 24.3 Å². The van der Waals surface area contributed by atoms with Crippen LogP contribution in [0.5, 0.6) is 0 Å². The van der Waals surface area contributed by atoms with Gasteiger partial charge in [0.25, 0.3) is 0 Å². The molecular formula is C13H15F3N2O2. The van der Waals surface area contributed by atoms with Crippen molar-refractivity contribution in [1.82, 2.24) is 4.90 Å². The number of carbonyl (C=O) groups is 1. The topological polar surface area (TPSA) is 52.6 Å². The van der Waals surface area contributed by atoms with Gasteiger partial charge in [-0.2, -0.15) is 13.2 Å². The first-order chi connectivity index (χ1) is 9.23. The summed E-state index contributed by atoms with van der Waals surface area (Å²) in [6, 6.07) is 3.93. The van der Waals surface area contributed by atoms with Crippen molar-refractivity contribution in [3.05, 3.63) is 29.8 Å². The molecule has 1 aliphatic rings.